The maximum atomic E-state index is 10.6. The first-order chi connectivity index (χ1) is 12.5. The highest BCUT2D eigenvalue weighted by atomic mass is 32.2. The van der Waals surface area contributed by atoms with Gasteiger partial charge in [-0.3, -0.25) is 4.55 Å². The van der Waals surface area contributed by atoms with Crippen LogP contribution in [-0.2, 0) is 10.1 Å². The van der Waals surface area contributed by atoms with Gasteiger partial charge in [0.25, 0.3) is 10.1 Å². The fourth-order valence-corrected chi connectivity index (χ4v) is 4.08. The van der Waals surface area contributed by atoms with Crippen LogP contribution in [0.15, 0.2) is 0 Å². The van der Waals surface area contributed by atoms with Crippen molar-refractivity contribution in [3.63, 3.8) is 0 Å². The van der Waals surface area contributed by atoms with Crippen LogP contribution < -0.4 is 0 Å². The molecule has 4 nitrogen and oxygen atoms in total. The molecule has 0 aromatic heterocycles. The largest absolute Gasteiger partial charge is 0.392 e. The summed E-state index contributed by atoms with van der Waals surface area (Å²) in [5.41, 5.74) is 0. The van der Waals surface area contributed by atoms with Crippen molar-refractivity contribution >= 4 is 10.1 Å². The van der Waals surface area contributed by atoms with Crippen LogP contribution in [0.3, 0.4) is 0 Å². The summed E-state index contributed by atoms with van der Waals surface area (Å²) < 4.78 is 29.9. The van der Waals surface area contributed by atoms with Crippen molar-refractivity contribution in [1.82, 2.24) is 0 Å². The van der Waals surface area contributed by atoms with E-state index >= 15 is 0 Å². The van der Waals surface area contributed by atoms with Gasteiger partial charge >= 0.3 is 0 Å². The predicted octanol–water partition coefficient (Wildman–Crippen LogP) is 6.28. The fourth-order valence-electron chi connectivity index (χ4n) is 3.43. The summed E-state index contributed by atoms with van der Waals surface area (Å²) in [7, 11) is -4.05. The smallest absolute Gasteiger partial charge is 0.267 e. The third-order valence-corrected chi connectivity index (χ3v) is 5.85. The molecule has 1 unspecified atom stereocenters. The second kappa shape index (κ2) is 18.2. The maximum Gasteiger partial charge on any atom is 0.267 e. The van der Waals surface area contributed by atoms with Crippen LogP contribution in [0, 0.1) is 0 Å². The van der Waals surface area contributed by atoms with E-state index in [0.29, 0.717) is 6.42 Å². The monoisotopic (exact) mass is 392 g/mol. The number of hydrogen-bond acceptors (Lipinski definition) is 3. The Morgan fingerprint density at radius 1 is 0.615 bits per heavy atom. The Morgan fingerprint density at radius 3 is 1.23 bits per heavy atom. The molecule has 0 aliphatic heterocycles. The number of hydrogen-bond donors (Lipinski definition) is 2. The molecule has 0 saturated heterocycles. The predicted molar refractivity (Wildman–Crippen MR) is 111 cm³/mol. The second-order valence-corrected chi connectivity index (χ2v) is 9.35. The highest BCUT2D eigenvalue weighted by Gasteiger charge is 2.13. The van der Waals surface area contributed by atoms with E-state index in [1.54, 1.807) is 0 Å². The van der Waals surface area contributed by atoms with Gasteiger partial charge in [-0.25, -0.2) is 0 Å². The minimum Gasteiger partial charge on any atom is -0.392 e. The van der Waals surface area contributed by atoms with Crippen LogP contribution in [0.1, 0.15) is 122 Å². The first-order valence-electron chi connectivity index (χ1n) is 11.1. The van der Waals surface area contributed by atoms with Crippen LogP contribution in [0.2, 0.25) is 0 Å². The Balaban J connectivity index is 3.13. The van der Waals surface area contributed by atoms with Gasteiger partial charge in [-0.1, -0.05) is 116 Å². The number of rotatable bonds is 20. The maximum absolute atomic E-state index is 10.6. The summed E-state index contributed by atoms with van der Waals surface area (Å²) in [5, 5.41) is 9.47. The van der Waals surface area contributed by atoms with E-state index in [0.717, 1.165) is 19.3 Å². The molecule has 5 heteroatoms. The first-order valence-corrected chi connectivity index (χ1v) is 12.7. The molecule has 0 rings (SSSR count). The van der Waals surface area contributed by atoms with Gasteiger partial charge in [0.1, 0.15) is 5.75 Å². The average molecular weight is 393 g/mol. The fraction of sp³-hybridized carbons (Fsp3) is 1.00. The molecule has 0 bridgehead atoms. The van der Waals surface area contributed by atoms with E-state index in [9.17, 15) is 13.5 Å². The molecular weight excluding hydrogens is 348 g/mol. The molecule has 0 fully saturated rings. The van der Waals surface area contributed by atoms with Crippen LogP contribution in [0.4, 0.5) is 0 Å². The third kappa shape index (κ3) is 21.9. The zero-order chi connectivity index (χ0) is 19.5. The number of unbranched alkanes of at least 4 members (excludes halogenated alkanes) is 16. The molecule has 158 valence electrons. The van der Waals surface area contributed by atoms with E-state index < -0.39 is 22.0 Å². The summed E-state index contributed by atoms with van der Waals surface area (Å²) in [4.78, 5) is 0. The normalized spacial score (nSPS) is 13.2. The van der Waals surface area contributed by atoms with E-state index in [4.69, 9.17) is 4.55 Å². The van der Waals surface area contributed by atoms with E-state index in [1.165, 1.54) is 89.9 Å². The minimum atomic E-state index is -4.05. The van der Waals surface area contributed by atoms with Crippen LogP contribution in [0.5, 0.6) is 0 Å². The minimum absolute atomic E-state index is 0.457. The van der Waals surface area contributed by atoms with Gasteiger partial charge in [0.15, 0.2) is 0 Å². The molecule has 0 aliphatic carbocycles. The molecular formula is C21H44O4S. The highest BCUT2D eigenvalue weighted by molar-refractivity contribution is 7.85. The Hall–Kier alpha value is -0.130. The molecule has 0 amide bonds. The van der Waals surface area contributed by atoms with Crippen molar-refractivity contribution in [2.24, 2.45) is 0 Å². The summed E-state index contributed by atoms with van der Waals surface area (Å²) in [6.45, 7) is 2.27. The Morgan fingerprint density at radius 2 is 0.923 bits per heavy atom. The molecule has 0 aromatic carbocycles. The lowest BCUT2D eigenvalue weighted by molar-refractivity contribution is 0.180. The quantitative estimate of drug-likeness (QED) is 0.189. The summed E-state index contributed by atoms with van der Waals surface area (Å²) in [5.74, 6) is -0.536. The van der Waals surface area contributed by atoms with Crippen molar-refractivity contribution in [3.05, 3.63) is 0 Å². The lowest BCUT2D eigenvalue weighted by Crippen LogP contribution is -2.19. The SMILES string of the molecule is CCCCCCCCCCCCCCCCCCCC(O)CS(=O)(=O)O. The van der Waals surface area contributed by atoms with Crippen molar-refractivity contribution < 1.29 is 18.1 Å². The van der Waals surface area contributed by atoms with Crippen LogP contribution in [-0.4, -0.2) is 29.9 Å². The van der Waals surface area contributed by atoms with Crippen molar-refractivity contribution in [2.45, 2.75) is 129 Å². The van der Waals surface area contributed by atoms with Crippen molar-refractivity contribution in [2.75, 3.05) is 5.75 Å². The van der Waals surface area contributed by atoms with E-state index in [1.807, 2.05) is 0 Å². The summed E-state index contributed by atoms with van der Waals surface area (Å²) >= 11 is 0. The summed E-state index contributed by atoms with van der Waals surface area (Å²) in [6, 6.07) is 0. The Labute approximate surface area is 162 Å². The summed E-state index contributed by atoms with van der Waals surface area (Å²) in [6.07, 6.45) is 21.7. The Bertz CT molecular complexity index is 381. The zero-order valence-corrected chi connectivity index (χ0v) is 17.9. The molecule has 2 N–H and O–H groups in total. The van der Waals surface area contributed by atoms with Gasteiger partial charge in [0, 0.05) is 0 Å². The lowest BCUT2D eigenvalue weighted by atomic mass is 10.0. The molecule has 26 heavy (non-hydrogen) atoms. The molecule has 0 radical (unpaired) electrons. The molecule has 0 saturated carbocycles. The zero-order valence-electron chi connectivity index (χ0n) is 17.1. The lowest BCUT2D eigenvalue weighted by Gasteiger charge is -2.08. The van der Waals surface area contributed by atoms with E-state index in [2.05, 4.69) is 6.92 Å². The molecule has 0 spiro atoms. The van der Waals surface area contributed by atoms with Gasteiger partial charge in [-0.05, 0) is 6.42 Å². The molecule has 0 aromatic rings. The van der Waals surface area contributed by atoms with Gasteiger partial charge in [0.2, 0.25) is 0 Å². The third-order valence-electron chi connectivity index (χ3n) is 5.04. The second-order valence-electron chi connectivity index (χ2n) is 7.85. The number of aliphatic hydroxyl groups excluding tert-OH is 1. The van der Waals surface area contributed by atoms with E-state index in [-0.39, 0.29) is 0 Å². The molecule has 0 aliphatic rings. The van der Waals surface area contributed by atoms with Gasteiger partial charge in [-0.2, -0.15) is 8.42 Å². The van der Waals surface area contributed by atoms with Crippen LogP contribution >= 0.6 is 0 Å². The topological polar surface area (TPSA) is 74.6 Å². The van der Waals surface area contributed by atoms with Crippen molar-refractivity contribution in [1.29, 1.82) is 0 Å². The van der Waals surface area contributed by atoms with Gasteiger partial charge in [0.05, 0.1) is 6.10 Å². The van der Waals surface area contributed by atoms with Crippen molar-refractivity contribution in [3.8, 4) is 0 Å². The Kier molecular flexibility index (Phi) is 18.2. The highest BCUT2D eigenvalue weighted by Crippen LogP contribution is 2.14. The molecule has 1 atom stereocenters. The van der Waals surface area contributed by atoms with Gasteiger partial charge < -0.3 is 5.11 Å². The standard InChI is InChI=1S/C21H44O4S/c1-2-3-4-5-6-7-8-9-10-11-12-13-14-15-16-17-18-19-21(22)20-26(23,24)25/h21-22H,2-20H2,1H3,(H,23,24,25). The molecule has 0 heterocycles. The van der Waals surface area contributed by atoms with Crippen LogP contribution in [0.25, 0.3) is 0 Å². The first kappa shape index (κ1) is 25.9. The number of aliphatic hydroxyl groups is 1. The van der Waals surface area contributed by atoms with Gasteiger partial charge in [-0.15, -0.1) is 0 Å². The average Bonchev–Trinajstić information content (AvgIpc) is 2.56.